The Bertz CT molecular complexity index is 519. The molecule has 0 saturated carbocycles. The van der Waals surface area contributed by atoms with Crippen molar-refractivity contribution in [1.29, 1.82) is 5.26 Å². The smallest absolute Gasteiger partial charge is 0.192 e. The van der Waals surface area contributed by atoms with Crippen LogP contribution in [-0.4, -0.2) is 32.4 Å². The van der Waals surface area contributed by atoms with Gasteiger partial charge in [0.2, 0.25) is 0 Å². The highest BCUT2D eigenvalue weighted by Gasteiger charge is 2.44. The Morgan fingerprint density at radius 2 is 1.93 bits per heavy atom. The molecule has 1 rings (SSSR count). The highest BCUT2D eigenvalue weighted by Crippen LogP contribution is 2.41. The van der Waals surface area contributed by atoms with Gasteiger partial charge in [-0.3, -0.25) is 0 Å². The lowest BCUT2D eigenvalue weighted by Gasteiger charge is -2.46. The fourth-order valence-electron chi connectivity index (χ4n) is 3.38. The van der Waals surface area contributed by atoms with E-state index in [0.717, 1.165) is 12.8 Å². The van der Waals surface area contributed by atoms with Crippen LogP contribution in [0.1, 0.15) is 73.6 Å². The molecule has 1 heterocycles. The Labute approximate surface area is 168 Å². The van der Waals surface area contributed by atoms with E-state index in [9.17, 15) is 5.26 Å². The molecule has 4 atom stereocenters. The molecule has 5 heteroatoms. The molecule has 0 aromatic heterocycles. The van der Waals surface area contributed by atoms with E-state index in [2.05, 4.69) is 53.4 Å². The summed E-state index contributed by atoms with van der Waals surface area (Å²) in [5.41, 5.74) is 0. The second-order valence-corrected chi connectivity index (χ2v) is 14.5. The van der Waals surface area contributed by atoms with Gasteiger partial charge in [-0.1, -0.05) is 53.0 Å². The van der Waals surface area contributed by atoms with Crippen LogP contribution in [0.5, 0.6) is 0 Å². The van der Waals surface area contributed by atoms with Crippen molar-refractivity contribution in [2.75, 3.05) is 0 Å². The number of hydrogen-bond acceptors (Lipinski definition) is 4. The minimum Gasteiger partial charge on any atom is -0.413 e. The van der Waals surface area contributed by atoms with E-state index in [0.29, 0.717) is 6.42 Å². The lowest BCUT2D eigenvalue weighted by atomic mass is 9.88. The molecule has 1 saturated heterocycles. The van der Waals surface area contributed by atoms with Crippen molar-refractivity contribution in [3.05, 3.63) is 12.7 Å². The van der Waals surface area contributed by atoms with Crippen LogP contribution in [0.25, 0.3) is 0 Å². The van der Waals surface area contributed by atoms with Crippen LogP contribution in [0.2, 0.25) is 18.1 Å². The van der Waals surface area contributed by atoms with Gasteiger partial charge in [0.1, 0.15) is 6.10 Å². The maximum atomic E-state index is 9.42. The molecule has 0 aromatic rings. The van der Waals surface area contributed by atoms with E-state index in [1.54, 1.807) is 0 Å². The summed E-state index contributed by atoms with van der Waals surface area (Å²) in [6.07, 6.45) is 6.53. The summed E-state index contributed by atoms with van der Waals surface area (Å²) >= 11 is 0. The zero-order valence-corrected chi connectivity index (χ0v) is 19.8. The van der Waals surface area contributed by atoms with Gasteiger partial charge in [-0.25, -0.2) is 0 Å². The summed E-state index contributed by atoms with van der Waals surface area (Å²) < 4.78 is 18.8. The predicted octanol–water partition coefficient (Wildman–Crippen LogP) is 6.19. The topological polar surface area (TPSA) is 51.5 Å². The maximum absolute atomic E-state index is 9.42. The molecule has 0 unspecified atom stereocenters. The van der Waals surface area contributed by atoms with Crippen molar-refractivity contribution in [2.45, 2.75) is 116 Å². The number of rotatable bonds is 9. The SMILES string of the molecule is C=C[C@@H]([C@@H]1C[C@@H](C#N)OC(C)(C)O1)[C@@H](CCCCC)O[Si](C)(C)C(C)(C)C. The van der Waals surface area contributed by atoms with Crippen LogP contribution < -0.4 is 0 Å². The fraction of sp³-hybridized carbons (Fsp3) is 0.864. The normalized spacial score (nSPS) is 25.4. The first-order valence-corrected chi connectivity index (χ1v) is 13.3. The van der Waals surface area contributed by atoms with Gasteiger partial charge in [0.15, 0.2) is 14.1 Å². The molecule has 4 nitrogen and oxygen atoms in total. The van der Waals surface area contributed by atoms with Crippen LogP contribution in [-0.2, 0) is 13.9 Å². The first-order valence-electron chi connectivity index (χ1n) is 10.4. The van der Waals surface area contributed by atoms with Crippen LogP contribution in [0.4, 0.5) is 0 Å². The molecule has 156 valence electrons. The van der Waals surface area contributed by atoms with E-state index < -0.39 is 20.2 Å². The van der Waals surface area contributed by atoms with E-state index >= 15 is 0 Å². The average molecular weight is 396 g/mol. The van der Waals surface area contributed by atoms with Gasteiger partial charge in [-0.15, -0.1) is 6.58 Å². The minimum atomic E-state index is -1.93. The lowest BCUT2D eigenvalue weighted by molar-refractivity contribution is -0.298. The molecular weight excluding hydrogens is 354 g/mol. The van der Waals surface area contributed by atoms with Crippen LogP contribution in [0.15, 0.2) is 12.7 Å². The summed E-state index contributed by atoms with van der Waals surface area (Å²) in [7, 11) is -1.93. The second-order valence-electron chi connectivity index (χ2n) is 9.75. The van der Waals surface area contributed by atoms with E-state index in [1.165, 1.54) is 12.8 Å². The molecule has 27 heavy (non-hydrogen) atoms. The number of nitrogens with zero attached hydrogens (tertiary/aromatic N) is 1. The zero-order chi connectivity index (χ0) is 20.9. The Balaban J connectivity index is 3.08. The second kappa shape index (κ2) is 9.69. The Kier molecular flexibility index (Phi) is 8.75. The summed E-state index contributed by atoms with van der Waals surface area (Å²) in [5, 5.41) is 9.57. The molecule has 0 bridgehead atoms. The lowest BCUT2D eigenvalue weighted by Crippen LogP contribution is -2.52. The number of unbranched alkanes of at least 4 members (excludes halogenated alkanes) is 2. The minimum absolute atomic E-state index is 0.0509. The molecule has 1 aliphatic heterocycles. The summed E-state index contributed by atoms with van der Waals surface area (Å²) in [6, 6.07) is 2.26. The molecule has 1 fully saturated rings. The monoisotopic (exact) mass is 395 g/mol. The summed E-state index contributed by atoms with van der Waals surface area (Å²) in [5.74, 6) is -0.717. The Hall–Kier alpha value is -0.673. The van der Waals surface area contributed by atoms with Crippen LogP contribution in [0, 0.1) is 17.2 Å². The molecule has 0 aromatic carbocycles. The predicted molar refractivity (Wildman–Crippen MR) is 114 cm³/mol. The van der Waals surface area contributed by atoms with Gasteiger partial charge in [0.05, 0.1) is 18.3 Å². The van der Waals surface area contributed by atoms with Crippen LogP contribution >= 0.6 is 0 Å². The molecule has 0 spiro atoms. The van der Waals surface area contributed by atoms with Crippen molar-refractivity contribution >= 4 is 8.32 Å². The average Bonchev–Trinajstić information content (AvgIpc) is 2.52. The van der Waals surface area contributed by atoms with Gasteiger partial charge in [-0.05, 0) is 38.4 Å². The van der Waals surface area contributed by atoms with Gasteiger partial charge in [0.25, 0.3) is 0 Å². The van der Waals surface area contributed by atoms with Crippen LogP contribution in [0.3, 0.4) is 0 Å². The van der Waals surface area contributed by atoms with Crippen molar-refractivity contribution in [3.8, 4) is 6.07 Å². The fourth-order valence-corrected chi connectivity index (χ4v) is 4.77. The first-order chi connectivity index (χ1) is 12.4. The summed E-state index contributed by atoms with van der Waals surface area (Å²) in [4.78, 5) is 0. The van der Waals surface area contributed by atoms with Gasteiger partial charge >= 0.3 is 0 Å². The number of ether oxygens (including phenoxy) is 2. The Morgan fingerprint density at radius 3 is 2.41 bits per heavy atom. The molecule has 0 N–H and O–H groups in total. The Morgan fingerprint density at radius 1 is 1.30 bits per heavy atom. The van der Waals surface area contributed by atoms with Crippen molar-refractivity contribution in [3.63, 3.8) is 0 Å². The molecular formula is C22H41NO3Si. The molecule has 0 radical (unpaired) electrons. The number of nitriles is 1. The molecule has 0 aliphatic carbocycles. The quantitative estimate of drug-likeness (QED) is 0.265. The highest BCUT2D eigenvalue weighted by molar-refractivity contribution is 6.74. The zero-order valence-electron chi connectivity index (χ0n) is 18.8. The largest absolute Gasteiger partial charge is 0.413 e. The standard InChI is InChI=1S/C22H41NO3Si/c1-10-12-13-14-19(26-27(8,9)21(3,4)5)18(11-2)20-15-17(16-23)24-22(6,7)25-20/h11,17-20H,2,10,12-15H2,1,3-9H3/t17-,18+,19+,20-/m0/s1. The summed E-state index contributed by atoms with van der Waals surface area (Å²) in [6.45, 7) is 21.5. The number of hydrogen-bond donors (Lipinski definition) is 0. The van der Waals surface area contributed by atoms with Gasteiger partial charge in [0, 0.05) is 12.3 Å². The third-order valence-corrected chi connectivity index (χ3v) is 10.4. The maximum Gasteiger partial charge on any atom is 0.192 e. The van der Waals surface area contributed by atoms with E-state index in [1.807, 2.05) is 19.9 Å². The molecule has 0 amide bonds. The van der Waals surface area contributed by atoms with Crippen molar-refractivity contribution in [2.24, 2.45) is 5.92 Å². The third-order valence-electron chi connectivity index (χ3n) is 5.93. The molecule has 1 aliphatic rings. The highest BCUT2D eigenvalue weighted by atomic mass is 28.4. The van der Waals surface area contributed by atoms with Crippen molar-refractivity contribution in [1.82, 2.24) is 0 Å². The van der Waals surface area contributed by atoms with Gasteiger partial charge in [-0.2, -0.15) is 5.26 Å². The van der Waals surface area contributed by atoms with E-state index in [4.69, 9.17) is 13.9 Å². The van der Waals surface area contributed by atoms with E-state index in [-0.39, 0.29) is 23.2 Å². The third kappa shape index (κ3) is 7.01. The van der Waals surface area contributed by atoms with Gasteiger partial charge < -0.3 is 13.9 Å². The van der Waals surface area contributed by atoms with Crippen molar-refractivity contribution < 1.29 is 13.9 Å². The first kappa shape index (κ1) is 24.4.